The minimum absolute atomic E-state index is 0.00169. The number of benzene rings is 3. The number of alkyl carbamates (subject to hydrolysis) is 1. The number of aliphatic hydroxyl groups is 1. The van der Waals surface area contributed by atoms with Gasteiger partial charge in [0.1, 0.15) is 19.3 Å². The molecule has 2 amide bonds. The van der Waals surface area contributed by atoms with Gasteiger partial charge in [0.15, 0.2) is 5.60 Å². The number of β-amino-alcohol motifs (C(OH)–C–C–N with tert-alkyl or cyclic N) is 1. The van der Waals surface area contributed by atoms with Crippen molar-refractivity contribution in [3.8, 4) is 11.1 Å². The number of likely N-dealkylation sites (tertiary alicyclic amines) is 1. The van der Waals surface area contributed by atoms with Gasteiger partial charge >= 0.3 is 18.0 Å². The van der Waals surface area contributed by atoms with Crippen molar-refractivity contribution in [3.05, 3.63) is 95.6 Å². The van der Waals surface area contributed by atoms with Gasteiger partial charge in [0.2, 0.25) is 5.91 Å². The van der Waals surface area contributed by atoms with E-state index in [9.17, 15) is 29.4 Å². The van der Waals surface area contributed by atoms with Gasteiger partial charge < -0.3 is 29.9 Å². The van der Waals surface area contributed by atoms with E-state index in [1.54, 1.807) is 24.3 Å². The number of carbonyl (C=O) groups is 4. The molecule has 1 saturated heterocycles. The lowest BCUT2D eigenvalue weighted by Crippen LogP contribution is -2.51. The second kappa shape index (κ2) is 11.8. The zero-order valence-electron chi connectivity index (χ0n) is 22.2. The molecule has 1 fully saturated rings. The summed E-state index contributed by atoms with van der Waals surface area (Å²) < 4.78 is 10.9. The fraction of sp³-hybridized carbons (Fsp3) is 0.290. The van der Waals surface area contributed by atoms with Crippen LogP contribution in [0, 0.1) is 0 Å². The van der Waals surface area contributed by atoms with Crippen LogP contribution in [0.4, 0.5) is 4.79 Å². The Balaban J connectivity index is 1.26. The van der Waals surface area contributed by atoms with Crippen molar-refractivity contribution >= 4 is 23.9 Å². The summed E-state index contributed by atoms with van der Waals surface area (Å²) in [4.78, 5) is 51.5. The molecule has 0 aromatic heterocycles. The highest BCUT2D eigenvalue weighted by Gasteiger charge is 2.46. The summed E-state index contributed by atoms with van der Waals surface area (Å²) in [5.74, 6) is -3.11. The summed E-state index contributed by atoms with van der Waals surface area (Å²) in [7, 11) is 0. The summed E-state index contributed by atoms with van der Waals surface area (Å²) in [5, 5.41) is 22.1. The van der Waals surface area contributed by atoms with Crippen LogP contribution < -0.4 is 5.32 Å². The van der Waals surface area contributed by atoms with Crippen molar-refractivity contribution in [1.29, 1.82) is 0 Å². The molecule has 3 N–H and O–H groups in total. The predicted molar refractivity (Wildman–Crippen MR) is 147 cm³/mol. The maximum Gasteiger partial charge on any atom is 0.407 e. The number of fused-ring (bicyclic) bond motifs is 3. The number of esters is 1. The summed E-state index contributed by atoms with van der Waals surface area (Å²) >= 11 is 0. The number of ether oxygens (including phenoxy) is 2. The molecule has 3 aromatic carbocycles. The summed E-state index contributed by atoms with van der Waals surface area (Å²) in [6.45, 7) is -0.539. The predicted octanol–water partition coefficient (Wildman–Crippen LogP) is 3.08. The van der Waals surface area contributed by atoms with Crippen LogP contribution in [0.5, 0.6) is 0 Å². The van der Waals surface area contributed by atoms with Gasteiger partial charge in [0, 0.05) is 18.9 Å². The second-order valence-electron chi connectivity index (χ2n) is 10.2. The van der Waals surface area contributed by atoms with E-state index in [0.717, 1.165) is 32.7 Å². The molecule has 0 bridgehead atoms. The standard InChI is InChI=1S/C31H30N2O8/c34-27(40-17-20-8-2-1-3-9-20)16-26(28(35)33-15-14-31(39,19-33)29(36)37)32-30(38)41-18-25-23-12-6-4-10-21(23)22-11-5-7-13-24(22)25/h1-13,25-26,39H,14-19H2,(H,32,38)(H,36,37)/t26-,31?/m0/s1. The molecule has 1 unspecified atom stereocenters. The molecule has 10 heteroatoms. The number of carboxylic acid groups (broad SMARTS) is 1. The number of amides is 2. The number of rotatable bonds is 9. The molecule has 2 aliphatic rings. The van der Waals surface area contributed by atoms with E-state index < -0.39 is 48.5 Å². The van der Waals surface area contributed by atoms with Crippen molar-refractivity contribution in [2.45, 2.75) is 37.0 Å². The lowest BCUT2D eigenvalue weighted by atomic mass is 9.98. The van der Waals surface area contributed by atoms with Crippen LogP contribution in [0.15, 0.2) is 78.9 Å². The number of carbonyl (C=O) groups excluding carboxylic acids is 3. The maximum absolute atomic E-state index is 13.3. The van der Waals surface area contributed by atoms with Crippen LogP contribution in [0.2, 0.25) is 0 Å². The molecular formula is C31H30N2O8. The fourth-order valence-electron chi connectivity index (χ4n) is 5.32. The third kappa shape index (κ3) is 6.07. The first-order valence-electron chi connectivity index (χ1n) is 13.3. The van der Waals surface area contributed by atoms with Gasteiger partial charge in [-0.15, -0.1) is 0 Å². The maximum atomic E-state index is 13.3. The minimum Gasteiger partial charge on any atom is -0.479 e. The third-order valence-electron chi connectivity index (χ3n) is 7.50. The monoisotopic (exact) mass is 558 g/mol. The van der Waals surface area contributed by atoms with Gasteiger partial charge in [0.05, 0.1) is 13.0 Å². The lowest BCUT2D eigenvalue weighted by molar-refractivity contribution is -0.157. The second-order valence-corrected chi connectivity index (χ2v) is 10.2. The quantitative estimate of drug-likeness (QED) is 0.340. The fourth-order valence-corrected chi connectivity index (χ4v) is 5.32. The van der Waals surface area contributed by atoms with Gasteiger partial charge in [-0.1, -0.05) is 78.9 Å². The molecule has 1 aliphatic heterocycles. The number of carboxylic acids is 1. The molecular weight excluding hydrogens is 528 g/mol. The van der Waals surface area contributed by atoms with Gasteiger partial charge in [-0.05, 0) is 27.8 Å². The number of aliphatic carboxylic acids is 1. The zero-order valence-corrected chi connectivity index (χ0v) is 22.2. The molecule has 1 aliphatic carbocycles. The van der Waals surface area contributed by atoms with Gasteiger partial charge in [-0.3, -0.25) is 9.59 Å². The number of hydrogen-bond donors (Lipinski definition) is 3. The number of nitrogens with one attached hydrogen (secondary N) is 1. The molecule has 2 atom stereocenters. The topological polar surface area (TPSA) is 142 Å². The van der Waals surface area contributed by atoms with Gasteiger partial charge in [0.25, 0.3) is 0 Å². The summed E-state index contributed by atoms with van der Waals surface area (Å²) in [6.07, 6.45) is -1.59. The van der Waals surface area contributed by atoms with E-state index in [0.29, 0.717) is 0 Å². The van der Waals surface area contributed by atoms with Crippen LogP contribution in [-0.4, -0.2) is 70.4 Å². The number of nitrogens with zero attached hydrogens (tertiary/aromatic N) is 1. The Morgan fingerprint density at radius 3 is 2.12 bits per heavy atom. The number of hydrogen-bond acceptors (Lipinski definition) is 7. The minimum atomic E-state index is -2.10. The molecule has 0 saturated carbocycles. The highest BCUT2D eigenvalue weighted by atomic mass is 16.5. The Morgan fingerprint density at radius 2 is 1.51 bits per heavy atom. The Morgan fingerprint density at radius 1 is 0.902 bits per heavy atom. The van der Waals surface area contributed by atoms with Crippen molar-refractivity contribution in [1.82, 2.24) is 10.2 Å². The first-order chi connectivity index (χ1) is 19.7. The highest BCUT2D eigenvalue weighted by Crippen LogP contribution is 2.44. The van der Waals surface area contributed by atoms with Crippen LogP contribution in [-0.2, 0) is 30.5 Å². The van der Waals surface area contributed by atoms with Crippen LogP contribution in [0.25, 0.3) is 11.1 Å². The van der Waals surface area contributed by atoms with Crippen molar-refractivity contribution in [3.63, 3.8) is 0 Å². The Hall–Kier alpha value is -4.70. The molecule has 5 rings (SSSR count). The van der Waals surface area contributed by atoms with Crippen molar-refractivity contribution < 1.29 is 38.9 Å². The molecule has 0 spiro atoms. The van der Waals surface area contributed by atoms with E-state index in [-0.39, 0.29) is 32.1 Å². The van der Waals surface area contributed by atoms with Crippen LogP contribution in [0.1, 0.15) is 35.4 Å². The summed E-state index contributed by atoms with van der Waals surface area (Å²) in [6, 6.07) is 23.3. The average Bonchev–Trinajstić information content (AvgIpc) is 3.54. The van der Waals surface area contributed by atoms with Crippen LogP contribution in [0.3, 0.4) is 0 Å². The normalized spacial score (nSPS) is 18.2. The van der Waals surface area contributed by atoms with Crippen molar-refractivity contribution in [2.75, 3.05) is 19.7 Å². The van der Waals surface area contributed by atoms with E-state index >= 15 is 0 Å². The van der Waals surface area contributed by atoms with Crippen LogP contribution >= 0.6 is 0 Å². The lowest BCUT2D eigenvalue weighted by Gasteiger charge is -2.25. The van der Waals surface area contributed by atoms with Crippen molar-refractivity contribution in [2.24, 2.45) is 0 Å². The molecule has 10 nitrogen and oxygen atoms in total. The largest absolute Gasteiger partial charge is 0.479 e. The molecule has 0 radical (unpaired) electrons. The summed E-state index contributed by atoms with van der Waals surface area (Å²) in [5.41, 5.74) is 2.81. The Kier molecular flexibility index (Phi) is 8.02. The SMILES string of the molecule is O=C(C[C@H](NC(=O)OCC1c2ccccc2-c2ccccc21)C(=O)N1CCC(O)(C(=O)O)C1)OCc1ccccc1. The van der Waals surface area contributed by atoms with Gasteiger partial charge in [-0.25, -0.2) is 9.59 Å². The molecule has 1 heterocycles. The Bertz CT molecular complexity index is 1410. The molecule has 3 aromatic rings. The van der Waals surface area contributed by atoms with E-state index in [2.05, 4.69) is 5.32 Å². The van der Waals surface area contributed by atoms with E-state index in [1.165, 1.54) is 0 Å². The third-order valence-corrected chi connectivity index (χ3v) is 7.50. The van der Waals surface area contributed by atoms with E-state index in [4.69, 9.17) is 9.47 Å². The highest BCUT2D eigenvalue weighted by molar-refractivity contribution is 5.91. The van der Waals surface area contributed by atoms with E-state index in [1.807, 2.05) is 54.6 Å². The molecule has 41 heavy (non-hydrogen) atoms. The Labute approximate surface area is 236 Å². The zero-order chi connectivity index (χ0) is 29.0. The molecule has 212 valence electrons. The van der Waals surface area contributed by atoms with Gasteiger partial charge in [-0.2, -0.15) is 0 Å². The smallest absolute Gasteiger partial charge is 0.407 e. The average molecular weight is 559 g/mol. The first kappa shape index (κ1) is 27.9. The first-order valence-corrected chi connectivity index (χ1v) is 13.3.